The van der Waals surface area contributed by atoms with Gasteiger partial charge in [-0.15, -0.1) is 44.2 Å². The highest BCUT2D eigenvalue weighted by atomic mass is 32.1. The van der Waals surface area contributed by atoms with Crippen LogP contribution in [0, 0.1) is 0 Å². The van der Waals surface area contributed by atoms with Crippen molar-refractivity contribution >= 4 is 34.0 Å². The lowest BCUT2D eigenvalue weighted by molar-refractivity contribution is 0.175. The van der Waals surface area contributed by atoms with Crippen LogP contribution < -0.4 is 18.9 Å². The van der Waals surface area contributed by atoms with Crippen LogP contribution in [0.4, 0.5) is 0 Å². The first-order valence-electron chi connectivity index (χ1n) is 10.6. The third-order valence-electron chi connectivity index (χ3n) is 5.22. The summed E-state index contributed by atoms with van der Waals surface area (Å²) in [5.41, 5.74) is 0. The maximum absolute atomic E-state index is 6.03. The third-order valence-corrected chi connectivity index (χ3v) is 8.96. The molecule has 2 aliphatic heterocycles. The van der Waals surface area contributed by atoms with E-state index in [4.69, 9.17) is 18.9 Å². The van der Waals surface area contributed by atoms with Gasteiger partial charge in [0.2, 0.25) is 0 Å². The van der Waals surface area contributed by atoms with E-state index in [-0.39, 0.29) is 0 Å². The summed E-state index contributed by atoms with van der Waals surface area (Å²) in [6.07, 6.45) is 6.33. The Morgan fingerprint density at radius 1 is 0.514 bits per heavy atom. The van der Waals surface area contributed by atoms with Crippen LogP contribution in [0.15, 0.2) is 36.9 Å². The van der Waals surface area contributed by atoms with Gasteiger partial charge in [0.05, 0.1) is 22.1 Å². The van der Waals surface area contributed by atoms with E-state index in [1.54, 1.807) is 36.1 Å². The van der Waals surface area contributed by atoms with Crippen LogP contribution in [0.25, 0.3) is 40.9 Å². The highest BCUT2D eigenvalue weighted by molar-refractivity contribution is 7.28. The average Bonchev–Trinajstić information content (AvgIpc) is 3.65. The molecule has 5 aromatic rings. The second-order valence-corrected chi connectivity index (χ2v) is 10.5. The second-order valence-electron chi connectivity index (χ2n) is 7.33. The fraction of sp³-hybridized carbons (Fsp3) is 0.182. The lowest BCUT2D eigenvalue weighted by Gasteiger charge is -2.16. The molecule has 10 nitrogen and oxygen atoms in total. The molecule has 0 saturated carbocycles. The van der Waals surface area contributed by atoms with Gasteiger partial charge in [0.25, 0.3) is 0 Å². The smallest absolute Gasteiger partial charge is 0.195 e. The lowest BCUT2D eigenvalue weighted by Crippen LogP contribution is -2.15. The topological polar surface area (TPSA) is 114 Å². The van der Waals surface area contributed by atoms with E-state index in [0.29, 0.717) is 61.1 Å². The predicted molar refractivity (Wildman–Crippen MR) is 131 cm³/mol. The molecule has 7 heterocycles. The SMILES string of the molecule is c1cnc(-c2sc(-c3ccc(-c4sc(-c5nccnn5)c5c4OCCO5)s3)c3c2OCCO3)nn1. The van der Waals surface area contributed by atoms with E-state index in [9.17, 15) is 0 Å². The number of nitrogens with zero attached hydrogens (tertiary/aromatic N) is 6. The number of fused-ring (bicyclic) bond motifs is 2. The predicted octanol–water partition coefficient (Wildman–Crippen LogP) is 4.45. The van der Waals surface area contributed by atoms with Gasteiger partial charge in [-0.3, -0.25) is 0 Å². The molecule has 174 valence electrons. The van der Waals surface area contributed by atoms with Crippen molar-refractivity contribution in [2.45, 2.75) is 0 Å². The van der Waals surface area contributed by atoms with E-state index >= 15 is 0 Å². The van der Waals surface area contributed by atoms with Crippen LogP contribution >= 0.6 is 34.0 Å². The highest BCUT2D eigenvalue weighted by Crippen LogP contribution is 2.57. The summed E-state index contributed by atoms with van der Waals surface area (Å²) in [7, 11) is 0. The Hall–Kier alpha value is -3.68. The minimum Gasteiger partial charge on any atom is -0.485 e. The fourth-order valence-electron chi connectivity index (χ4n) is 3.81. The minimum absolute atomic E-state index is 0.476. The summed E-state index contributed by atoms with van der Waals surface area (Å²) < 4.78 is 24.0. The van der Waals surface area contributed by atoms with Crippen LogP contribution in [0.5, 0.6) is 23.0 Å². The molecule has 0 spiro atoms. The monoisotopic (exact) mass is 522 g/mol. The van der Waals surface area contributed by atoms with Gasteiger partial charge in [-0.1, -0.05) is 0 Å². The minimum atomic E-state index is 0.476. The molecule has 13 heteroatoms. The Morgan fingerprint density at radius 3 is 1.34 bits per heavy atom. The molecule has 0 unspecified atom stereocenters. The maximum atomic E-state index is 6.03. The molecule has 35 heavy (non-hydrogen) atoms. The molecule has 7 rings (SSSR count). The summed E-state index contributed by atoms with van der Waals surface area (Å²) in [6.45, 7) is 1.93. The summed E-state index contributed by atoms with van der Waals surface area (Å²) in [5.74, 6) is 3.80. The number of aromatic nitrogens is 6. The zero-order valence-electron chi connectivity index (χ0n) is 17.8. The molecule has 0 fully saturated rings. The molecule has 0 bridgehead atoms. The molecular formula is C22H14N6O4S3. The Labute approximate surface area is 210 Å². The van der Waals surface area contributed by atoms with Gasteiger partial charge in [-0.25, -0.2) is 9.97 Å². The first-order valence-corrected chi connectivity index (χ1v) is 13.1. The quantitative estimate of drug-likeness (QED) is 0.335. The van der Waals surface area contributed by atoms with Crippen molar-refractivity contribution in [1.82, 2.24) is 30.4 Å². The van der Waals surface area contributed by atoms with Crippen LogP contribution in [-0.4, -0.2) is 56.8 Å². The van der Waals surface area contributed by atoms with Gasteiger partial charge in [0, 0.05) is 22.1 Å². The van der Waals surface area contributed by atoms with Gasteiger partial charge in [0.15, 0.2) is 34.6 Å². The first-order chi connectivity index (χ1) is 17.4. The fourth-order valence-corrected chi connectivity index (χ4v) is 7.28. The molecule has 0 atom stereocenters. The average molecular weight is 523 g/mol. The maximum Gasteiger partial charge on any atom is 0.195 e. The van der Waals surface area contributed by atoms with E-state index < -0.39 is 0 Å². The van der Waals surface area contributed by atoms with Gasteiger partial charge in [-0.2, -0.15) is 10.2 Å². The number of hydrogen-bond acceptors (Lipinski definition) is 13. The normalized spacial score (nSPS) is 14.2. The molecule has 0 amide bonds. The van der Waals surface area contributed by atoms with Crippen LogP contribution in [0.2, 0.25) is 0 Å². The molecule has 2 aliphatic rings. The van der Waals surface area contributed by atoms with Crippen LogP contribution in [0.1, 0.15) is 0 Å². The van der Waals surface area contributed by atoms with E-state index in [0.717, 1.165) is 29.3 Å². The van der Waals surface area contributed by atoms with Gasteiger partial charge in [0.1, 0.15) is 36.2 Å². The van der Waals surface area contributed by atoms with Gasteiger partial charge >= 0.3 is 0 Å². The molecule has 0 aromatic carbocycles. The largest absolute Gasteiger partial charge is 0.485 e. The third kappa shape index (κ3) is 3.50. The second kappa shape index (κ2) is 8.52. The summed E-state index contributed by atoms with van der Waals surface area (Å²) in [6, 6.07) is 4.15. The van der Waals surface area contributed by atoms with Crippen LogP contribution in [-0.2, 0) is 0 Å². The van der Waals surface area contributed by atoms with Crippen molar-refractivity contribution in [3.8, 4) is 63.9 Å². The standard InChI is InChI=1S/C22H14N6O4S3/c1-2-12(18-14-16(32-10-8-30-14)20(35-18)22-24-4-6-26-28-22)33-11(1)17-13-15(31-9-7-29-13)19(34-17)21-23-3-5-25-27-21/h1-6H,7-10H2. The lowest BCUT2D eigenvalue weighted by atomic mass is 10.2. The number of hydrogen-bond donors (Lipinski definition) is 0. The number of rotatable bonds is 4. The first kappa shape index (κ1) is 20.7. The zero-order valence-corrected chi connectivity index (χ0v) is 20.3. The molecule has 0 aliphatic carbocycles. The van der Waals surface area contributed by atoms with Gasteiger partial charge in [-0.05, 0) is 12.1 Å². The Balaban J connectivity index is 1.33. The molecular weight excluding hydrogens is 508 g/mol. The van der Waals surface area contributed by atoms with Gasteiger partial charge < -0.3 is 18.9 Å². The number of ether oxygens (including phenoxy) is 4. The Bertz CT molecular complexity index is 1410. The van der Waals surface area contributed by atoms with Crippen molar-refractivity contribution in [2.75, 3.05) is 26.4 Å². The van der Waals surface area contributed by atoms with Crippen molar-refractivity contribution in [3.05, 3.63) is 36.9 Å². The van der Waals surface area contributed by atoms with Crippen molar-refractivity contribution < 1.29 is 18.9 Å². The molecule has 0 saturated heterocycles. The molecule has 0 radical (unpaired) electrons. The van der Waals surface area contributed by atoms with Crippen molar-refractivity contribution in [2.24, 2.45) is 0 Å². The van der Waals surface area contributed by atoms with E-state index in [2.05, 4.69) is 42.5 Å². The highest BCUT2D eigenvalue weighted by Gasteiger charge is 2.31. The Kier molecular flexibility index (Phi) is 5.03. The molecule has 0 N–H and O–H groups in total. The van der Waals surface area contributed by atoms with Crippen molar-refractivity contribution in [3.63, 3.8) is 0 Å². The van der Waals surface area contributed by atoms with E-state index in [1.807, 2.05) is 0 Å². The van der Waals surface area contributed by atoms with E-state index in [1.165, 1.54) is 22.7 Å². The zero-order chi connectivity index (χ0) is 23.2. The summed E-state index contributed by atoms with van der Waals surface area (Å²) >= 11 is 4.71. The molecule has 5 aromatic heterocycles. The Morgan fingerprint density at radius 2 is 0.943 bits per heavy atom. The van der Waals surface area contributed by atoms with Crippen molar-refractivity contribution in [1.29, 1.82) is 0 Å². The summed E-state index contributed by atoms with van der Waals surface area (Å²) in [4.78, 5) is 14.3. The number of thiophene rings is 3. The van der Waals surface area contributed by atoms with Crippen LogP contribution in [0.3, 0.4) is 0 Å². The summed E-state index contributed by atoms with van der Waals surface area (Å²) in [5, 5.41) is 16.3.